The molecule has 0 aromatic carbocycles. The second-order valence-electron chi connectivity index (χ2n) is 4.15. The van der Waals surface area contributed by atoms with Gasteiger partial charge in [-0.05, 0) is 6.42 Å². The zero-order valence-electron chi connectivity index (χ0n) is 13.2. The van der Waals surface area contributed by atoms with Gasteiger partial charge in [-0.3, -0.25) is 9.79 Å². The van der Waals surface area contributed by atoms with E-state index in [4.69, 9.17) is 14.2 Å². The molecular weight excluding hydrogens is 276 g/mol. The maximum Gasteiger partial charge on any atom is 0.239 e. The van der Waals surface area contributed by atoms with Crippen molar-refractivity contribution in [3.8, 4) is 0 Å². The average Bonchev–Trinajstić information content (AvgIpc) is 2.49. The van der Waals surface area contributed by atoms with Crippen LogP contribution in [0.1, 0.15) is 6.42 Å². The summed E-state index contributed by atoms with van der Waals surface area (Å²) < 4.78 is 15.1. The van der Waals surface area contributed by atoms with E-state index in [2.05, 4.69) is 20.9 Å². The lowest BCUT2D eigenvalue weighted by molar-refractivity contribution is -0.120. The molecule has 0 aromatic heterocycles. The molecule has 0 unspecified atom stereocenters. The van der Waals surface area contributed by atoms with E-state index in [9.17, 15) is 4.79 Å². The van der Waals surface area contributed by atoms with Crippen LogP contribution < -0.4 is 16.0 Å². The highest BCUT2D eigenvalue weighted by molar-refractivity contribution is 5.86. The van der Waals surface area contributed by atoms with Gasteiger partial charge in [0.05, 0.1) is 26.4 Å². The topological polar surface area (TPSA) is 93.2 Å². The SMILES string of the molecule is CN=C(NCCCOCCOC)NCC(=O)NCCOC. The van der Waals surface area contributed by atoms with Crippen molar-refractivity contribution in [2.45, 2.75) is 6.42 Å². The van der Waals surface area contributed by atoms with Gasteiger partial charge in [-0.2, -0.15) is 0 Å². The van der Waals surface area contributed by atoms with E-state index >= 15 is 0 Å². The molecule has 1 amide bonds. The Hall–Kier alpha value is -1.38. The minimum Gasteiger partial charge on any atom is -0.383 e. The molecular formula is C13H28N4O4. The number of methoxy groups -OCH3 is 2. The number of nitrogens with one attached hydrogen (secondary N) is 3. The predicted molar refractivity (Wildman–Crippen MR) is 81.6 cm³/mol. The Labute approximate surface area is 126 Å². The third-order valence-electron chi connectivity index (χ3n) is 2.46. The number of rotatable bonds is 12. The molecule has 8 heteroatoms. The number of ether oxygens (including phenoxy) is 3. The van der Waals surface area contributed by atoms with Gasteiger partial charge in [-0.15, -0.1) is 0 Å². The van der Waals surface area contributed by atoms with Crippen molar-refractivity contribution in [1.29, 1.82) is 0 Å². The number of carbonyl (C=O) groups is 1. The van der Waals surface area contributed by atoms with E-state index in [0.717, 1.165) is 13.0 Å². The summed E-state index contributed by atoms with van der Waals surface area (Å²) in [6, 6.07) is 0. The van der Waals surface area contributed by atoms with E-state index in [-0.39, 0.29) is 12.5 Å². The van der Waals surface area contributed by atoms with E-state index < -0.39 is 0 Å². The molecule has 21 heavy (non-hydrogen) atoms. The molecule has 0 aliphatic carbocycles. The van der Waals surface area contributed by atoms with Crippen molar-refractivity contribution in [2.24, 2.45) is 4.99 Å². The maximum absolute atomic E-state index is 11.5. The quantitative estimate of drug-likeness (QED) is 0.242. The van der Waals surface area contributed by atoms with Gasteiger partial charge in [0.1, 0.15) is 0 Å². The Morgan fingerprint density at radius 3 is 2.38 bits per heavy atom. The second-order valence-corrected chi connectivity index (χ2v) is 4.15. The highest BCUT2D eigenvalue weighted by atomic mass is 16.5. The molecule has 0 saturated heterocycles. The van der Waals surface area contributed by atoms with Gasteiger partial charge >= 0.3 is 0 Å². The van der Waals surface area contributed by atoms with Gasteiger partial charge in [-0.1, -0.05) is 0 Å². The Bertz CT molecular complexity index is 287. The van der Waals surface area contributed by atoms with Crippen molar-refractivity contribution in [2.75, 3.05) is 67.3 Å². The van der Waals surface area contributed by atoms with E-state index in [1.165, 1.54) is 0 Å². The van der Waals surface area contributed by atoms with Crippen molar-refractivity contribution < 1.29 is 19.0 Å². The number of aliphatic imine (C=N–C) groups is 1. The van der Waals surface area contributed by atoms with Crippen LogP contribution in [0.25, 0.3) is 0 Å². The van der Waals surface area contributed by atoms with Gasteiger partial charge in [-0.25, -0.2) is 0 Å². The van der Waals surface area contributed by atoms with E-state index in [0.29, 0.717) is 38.9 Å². The molecule has 0 aliphatic rings. The zero-order chi connectivity index (χ0) is 15.8. The predicted octanol–water partition coefficient (Wildman–Crippen LogP) is -1.03. The molecule has 0 heterocycles. The summed E-state index contributed by atoms with van der Waals surface area (Å²) in [4.78, 5) is 15.5. The summed E-state index contributed by atoms with van der Waals surface area (Å²) in [5.41, 5.74) is 0. The first-order valence-electron chi connectivity index (χ1n) is 7.01. The highest BCUT2D eigenvalue weighted by Gasteiger charge is 2.02. The third-order valence-corrected chi connectivity index (χ3v) is 2.46. The Kier molecular flexibility index (Phi) is 14.0. The molecule has 0 bridgehead atoms. The Balaban J connectivity index is 3.56. The molecule has 0 saturated carbocycles. The fourth-order valence-electron chi connectivity index (χ4n) is 1.36. The third kappa shape index (κ3) is 13.4. The minimum atomic E-state index is -0.0992. The second kappa shape index (κ2) is 15.0. The molecule has 3 N–H and O–H groups in total. The van der Waals surface area contributed by atoms with Crippen LogP contribution in [0, 0.1) is 0 Å². The molecule has 0 radical (unpaired) electrons. The van der Waals surface area contributed by atoms with Crippen LogP contribution >= 0.6 is 0 Å². The first-order valence-corrected chi connectivity index (χ1v) is 7.01. The van der Waals surface area contributed by atoms with E-state index in [1.807, 2.05) is 0 Å². The summed E-state index contributed by atoms with van der Waals surface area (Å²) >= 11 is 0. The lowest BCUT2D eigenvalue weighted by Gasteiger charge is -2.12. The van der Waals surface area contributed by atoms with Crippen LogP contribution in [-0.2, 0) is 19.0 Å². The van der Waals surface area contributed by atoms with Gasteiger partial charge in [0.2, 0.25) is 5.91 Å². The fourth-order valence-corrected chi connectivity index (χ4v) is 1.36. The molecule has 124 valence electrons. The van der Waals surface area contributed by atoms with Crippen LogP contribution in [0.4, 0.5) is 0 Å². The largest absolute Gasteiger partial charge is 0.383 e. The monoisotopic (exact) mass is 304 g/mol. The molecule has 0 fully saturated rings. The van der Waals surface area contributed by atoms with Crippen molar-refractivity contribution in [3.05, 3.63) is 0 Å². The number of hydrogen-bond acceptors (Lipinski definition) is 5. The minimum absolute atomic E-state index is 0.0992. The lowest BCUT2D eigenvalue weighted by Crippen LogP contribution is -2.44. The molecule has 0 aliphatic heterocycles. The van der Waals surface area contributed by atoms with Gasteiger partial charge in [0.25, 0.3) is 0 Å². The summed E-state index contributed by atoms with van der Waals surface area (Å²) in [7, 11) is 4.90. The number of amides is 1. The summed E-state index contributed by atoms with van der Waals surface area (Å²) in [5, 5.41) is 8.76. The van der Waals surface area contributed by atoms with Crippen molar-refractivity contribution in [1.82, 2.24) is 16.0 Å². The molecule has 0 spiro atoms. The van der Waals surface area contributed by atoms with Gasteiger partial charge in [0.15, 0.2) is 5.96 Å². The average molecular weight is 304 g/mol. The van der Waals surface area contributed by atoms with E-state index in [1.54, 1.807) is 21.3 Å². The van der Waals surface area contributed by atoms with Crippen LogP contribution in [0.2, 0.25) is 0 Å². The normalized spacial score (nSPS) is 11.3. The molecule has 0 atom stereocenters. The zero-order valence-corrected chi connectivity index (χ0v) is 13.2. The lowest BCUT2D eigenvalue weighted by atomic mass is 10.4. The number of guanidine groups is 1. The van der Waals surface area contributed by atoms with Gasteiger partial charge in [0, 0.05) is 41.0 Å². The first kappa shape index (κ1) is 19.6. The number of hydrogen-bond donors (Lipinski definition) is 3. The Morgan fingerprint density at radius 2 is 1.71 bits per heavy atom. The standard InChI is InChI=1S/C13H28N4O4/c1-14-13(16-5-4-7-21-10-9-20-3)17-11-12(18)15-6-8-19-2/h4-11H2,1-3H3,(H,15,18)(H2,14,16,17). The fraction of sp³-hybridized carbons (Fsp3) is 0.846. The molecule has 0 aromatic rings. The van der Waals surface area contributed by atoms with Crippen LogP contribution in [0.5, 0.6) is 0 Å². The summed E-state index contributed by atoms with van der Waals surface area (Å²) in [6.07, 6.45) is 0.852. The molecule has 8 nitrogen and oxygen atoms in total. The number of nitrogens with zero attached hydrogens (tertiary/aromatic N) is 1. The van der Waals surface area contributed by atoms with Crippen LogP contribution in [0.15, 0.2) is 4.99 Å². The Morgan fingerprint density at radius 1 is 0.952 bits per heavy atom. The van der Waals surface area contributed by atoms with Crippen LogP contribution in [-0.4, -0.2) is 79.2 Å². The summed E-state index contributed by atoms with van der Waals surface area (Å²) in [5.74, 6) is 0.492. The first-order chi connectivity index (χ1) is 10.2. The smallest absolute Gasteiger partial charge is 0.239 e. The summed E-state index contributed by atoms with van der Waals surface area (Å²) in [6.45, 7) is 3.76. The number of carbonyl (C=O) groups excluding carboxylic acids is 1. The van der Waals surface area contributed by atoms with Crippen molar-refractivity contribution >= 4 is 11.9 Å². The van der Waals surface area contributed by atoms with Crippen molar-refractivity contribution in [3.63, 3.8) is 0 Å². The maximum atomic E-state index is 11.5. The van der Waals surface area contributed by atoms with Gasteiger partial charge < -0.3 is 30.2 Å². The van der Waals surface area contributed by atoms with Crippen LogP contribution in [0.3, 0.4) is 0 Å². The highest BCUT2D eigenvalue weighted by Crippen LogP contribution is 1.82. The molecule has 0 rings (SSSR count).